The van der Waals surface area contributed by atoms with Gasteiger partial charge in [0.05, 0.1) is 0 Å². The molecule has 1 aliphatic carbocycles. The van der Waals surface area contributed by atoms with Crippen LogP contribution in [0, 0.1) is 0 Å². The normalized spacial score (nSPS) is 16.6. The van der Waals surface area contributed by atoms with Crippen molar-refractivity contribution in [2.75, 3.05) is 0 Å². The largest absolute Gasteiger partial charge is 0.310 e. The third kappa shape index (κ3) is 4.15. The van der Waals surface area contributed by atoms with Crippen molar-refractivity contribution in [1.29, 1.82) is 0 Å². The Bertz CT molecular complexity index is 525. The molecule has 1 fully saturated rings. The Morgan fingerprint density at radius 3 is 2.33 bits per heavy atom. The highest BCUT2D eigenvalue weighted by Crippen LogP contribution is 2.20. The summed E-state index contributed by atoms with van der Waals surface area (Å²) in [6, 6.07) is 13.6. The van der Waals surface area contributed by atoms with E-state index in [1.54, 1.807) is 0 Å². The summed E-state index contributed by atoms with van der Waals surface area (Å²) < 4.78 is 0. The summed E-state index contributed by atoms with van der Waals surface area (Å²) in [5.41, 5.74) is 3.79. The molecule has 0 saturated heterocycles. The van der Waals surface area contributed by atoms with E-state index in [1.807, 2.05) is 18.5 Å². The molecule has 0 atom stereocenters. The van der Waals surface area contributed by atoms with Crippen LogP contribution in [0.15, 0.2) is 48.8 Å². The molecule has 2 aromatic rings. The SMILES string of the molecule is c1cncc(-c2ccc(CNC3CCCCCC3)cc2)c1. The predicted octanol–water partition coefficient (Wildman–Crippen LogP) is 4.56. The fourth-order valence-corrected chi connectivity index (χ4v) is 3.09. The molecule has 0 aliphatic heterocycles. The number of pyridine rings is 1. The van der Waals surface area contributed by atoms with Crippen LogP contribution < -0.4 is 5.32 Å². The smallest absolute Gasteiger partial charge is 0.0346 e. The first-order valence-electron chi connectivity index (χ1n) is 8.14. The van der Waals surface area contributed by atoms with Gasteiger partial charge in [-0.25, -0.2) is 0 Å². The average Bonchev–Trinajstić information content (AvgIpc) is 2.83. The molecule has 1 aliphatic rings. The van der Waals surface area contributed by atoms with Crippen molar-refractivity contribution in [1.82, 2.24) is 10.3 Å². The van der Waals surface area contributed by atoms with Crippen LogP contribution in [0.2, 0.25) is 0 Å². The quantitative estimate of drug-likeness (QED) is 0.830. The number of aromatic nitrogens is 1. The molecule has 0 unspecified atom stereocenters. The predicted molar refractivity (Wildman–Crippen MR) is 88.0 cm³/mol. The Labute approximate surface area is 127 Å². The molecule has 1 heterocycles. The van der Waals surface area contributed by atoms with E-state index in [4.69, 9.17) is 0 Å². The van der Waals surface area contributed by atoms with E-state index in [9.17, 15) is 0 Å². The maximum atomic E-state index is 4.18. The highest BCUT2D eigenvalue weighted by atomic mass is 14.9. The van der Waals surface area contributed by atoms with Crippen molar-refractivity contribution >= 4 is 0 Å². The van der Waals surface area contributed by atoms with Crippen molar-refractivity contribution in [2.45, 2.75) is 51.1 Å². The van der Waals surface area contributed by atoms with E-state index in [2.05, 4.69) is 40.6 Å². The maximum Gasteiger partial charge on any atom is 0.0346 e. The van der Waals surface area contributed by atoms with E-state index in [0.29, 0.717) is 6.04 Å². The molecule has 0 spiro atoms. The average molecular weight is 280 g/mol. The van der Waals surface area contributed by atoms with Crippen molar-refractivity contribution in [3.63, 3.8) is 0 Å². The summed E-state index contributed by atoms with van der Waals surface area (Å²) in [5.74, 6) is 0. The number of hydrogen-bond acceptors (Lipinski definition) is 2. The van der Waals surface area contributed by atoms with Crippen molar-refractivity contribution in [3.8, 4) is 11.1 Å². The monoisotopic (exact) mass is 280 g/mol. The van der Waals surface area contributed by atoms with Gasteiger partial charge in [-0.1, -0.05) is 56.0 Å². The van der Waals surface area contributed by atoms with Gasteiger partial charge in [0.25, 0.3) is 0 Å². The Balaban J connectivity index is 1.57. The summed E-state index contributed by atoms with van der Waals surface area (Å²) in [6.07, 6.45) is 12.0. The van der Waals surface area contributed by atoms with Crippen LogP contribution in [0.4, 0.5) is 0 Å². The number of hydrogen-bond donors (Lipinski definition) is 1. The summed E-state index contributed by atoms with van der Waals surface area (Å²) >= 11 is 0. The minimum Gasteiger partial charge on any atom is -0.310 e. The lowest BCUT2D eigenvalue weighted by atomic mass is 10.0. The number of benzene rings is 1. The van der Waals surface area contributed by atoms with E-state index in [1.165, 1.54) is 55.2 Å². The van der Waals surface area contributed by atoms with Crippen LogP contribution in [0.5, 0.6) is 0 Å². The first-order chi connectivity index (χ1) is 10.4. The lowest BCUT2D eigenvalue weighted by molar-refractivity contribution is 0.459. The van der Waals surface area contributed by atoms with Gasteiger partial charge in [0.15, 0.2) is 0 Å². The standard InChI is InChI=1S/C19H24N2/c1-2-4-8-19(7-3-1)21-14-16-9-11-17(12-10-16)18-6-5-13-20-15-18/h5-6,9-13,15,19,21H,1-4,7-8,14H2. The van der Waals surface area contributed by atoms with Gasteiger partial charge in [-0.15, -0.1) is 0 Å². The van der Waals surface area contributed by atoms with Crippen molar-refractivity contribution in [3.05, 3.63) is 54.4 Å². The van der Waals surface area contributed by atoms with Gasteiger partial charge < -0.3 is 5.32 Å². The topological polar surface area (TPSA) is 24.9 Å². The van der Waals surface area contributed by atoms with E-state index >= 15 is 0 Å². The summed E-state index contributed by atoms with van der Waals surface area (Å²) in [4.78, 5) is 4.18. The second-order valence-corrected chi connectivity index (χ2v) is 6.01. The van der Waals surface area contributed by atoms with Gasteiger partial charge in [-0.2, -0.15) is 0 Å². The molecule has 2 nitrogen and oxygen atoms in total. The third-order valence-corrected chi connectivity index (χ3v) is 4.40. The fraction of sp³-hybridized carbons (Fsp3) is 0.421. The summed E-state index contributed by atoms with van der Waals surface area (Å²) in [6.45, 7) is 0.984. The van der Waals surface area contributed by atoms with Crippen LogP contribution in [-0.4, -0.2) is 11.0 Å². The Morgan fingerprint density at radius 2 is 1.67 bits per heavy atom. The molecule has 0 bridgehead atoms. The van der Waals surface area contributed by atoms with Gasteiger partial charge in [0.1, 0.15) is 0 Å². The van der Waals surface area contributed by atoms with E-state index in [0.717, 1.165) is 6.54 Å². The van der Waals surface area contributed by atoms with Gasteiger partial charge in [0.2, 0.25) is 0 Å². The van der Waals surface area contributed by atoms with Crippen molar-refractivity contribution in [2.24, 2.45) is 0 Å². The van der Waals surface area contributed by atoms with E-state index in [-0.39, 0.29) is 0 Å². The summed E-state index contributed by atoms with van der Waals surface area (Å²) in [5, 5.41) is 3.72. The molecular formula is C19H24N2. The first-order valence-corrected chi connectivity index (χ1v) is 8.14. The molecule has 21 heavy (non-hydrogen) atoms. The van der Waals surface area contributed by atoms with Crippen LogP contribution in [-0.2, 0) is 6.54 Å². The molecule has 1 N–H and O–H groups in total. The highest BCUT2D eigenvalue weighted by Gasteiger charge is 2.11. The van der Waals surface area contributed by atoms with Crippen LogP contribution in [0.1, 0.15) is 44.1 Å². The van der Waals surface area contributed by atoms with Gasteiger partial charge in [-0.3, -0.25) is 4.98 Å². The third-order valence-electron chi connectivity index (χ3n) is 4.40. The minimum absolute atomic E-state index is 0.713. The van der Waals surface area contributed by atoms with Gasteiger partial charge in [0, 0.05) is 25.0 Å². The number of rotatable bonds is 4. The summed E-state index contributed by atoms with van der Waals surface area (Å²) in [7, 11) is 0. The Morgan fingerprint density at radius 1 is 0.905 bits per heavy atom. The second-order valence-electron chi connectivity index (χ2n) is 6.01. The molecule has 1 aromatic heterocycles. The maximum absolute atomic E-state index is 4.18. The first kappa shape index (κ1) is 14.3. The minimum atomic E-state index is 0.713. The molecule has 1 saturated carbocycles. The van der Waals surface area contributed by atoms with Crippen molar-refractivity contribution < 1.29 is 0 Å². The lowest BCUT2D eigenvalue weighted by Crippen LogP contribution is -2.27. The molecular weight excluding hydrogens is 256 g/mol. The van der Waals surface area contributed by atoms with Crippen LogP contribution >= 0.6 is 0 Å². The fourth-order valence-electron chi connectivity index (χ4n) is 3.09. The zero-order chi connectivity index (χ0) is 14.3. The Kier molecular flexibility index (Phi) is 5.01. The molecule has 2 heteroatoms. The molecule has 0 radical (unpaired) electrons. The zero-order valence-corrected chi connectivity index (χ0v) is 12.6. The molecule has 0 amide bonds. The Hall–Kier alpha value is -1.67. The molecule has 110 valence electrons. The highest BCUT2D eigenvalue weighted by molar-refractivity contribution is 5.62. The molecule has 1 aromatic carbocycles. The van der Waals surface area contributed by atoms with Crippen LogP contribution in [0.3, 0.4) is 0 Å². The van der Waals surface area contributed by atoms with E-state index < -0.39 is 0 Å². The zero-order valence-electron chi connectivity index (χ0n) is 12.6. The number of nitrogens with one attached hydrogen (secondary N) is 1. The lowest BCUT2D eigenvalue weighted by Gasteiger charge is -2.16. The second kappa shape index (κ2) is 7.37. The number of nitrogens with zero attached hydrogens (tertiary/aromatic N) is 1. The van der Waals surface area contributed by atoms with Crippen LogP contribution in [0.25, 0.3) is 11.1 Å². The van der Waals surface area contributed by atoms with Gasteiger partial charge >= 0.3 is 0 Å². The van der Waals surface area contributed by atoms with Gasteiger partial charge in [-0.05, 0) is 35.6 Å². The molecule has 3 rings (SSSR count).